The summed E-state index contributed by atoms with van der Waals surface area (Å²) in [4.78, 5) is 12.9. The predicted molar refractivity (Wildman–Crippen MR) is 52.0 cm³/mol. The predicted octanol–water partition coefficient (Wildman–Crippen LogP) is 2.29. The van der Waals surface area contributed by atoms with E-state index in [1.54, 1.807) is 0 Å². The number of hydrogen-bond acceptors (Lipinski definition) is 1. The van der Waals surface area contributed by atoms with Gasteiger partial charge in [0.1, 0.15) is 0 Å². The highest BCUT2D eigenvalue weighted by atomic mass is 16.2. The smallest absolute Gasteiger partial charge is 0.222 e. The maximum atomic E-state index is 11.1. The molecule has 0 aromatic carbocycles. The van der Waals surface area contributed by atoms with Gasteiger partial charge >= 0.3 is 0 Å². The first-order valence-corrected chi connectivity index (χ1v) is 4.75. The number of carbonyl (C=O) groups is 1. The molecule has 1 fully saturated rings. The van der Waals surface area contributed by atoms with Crippen LogP contribution in [0.5, 0.6) is 0 Å². The van der Waals surface area contributed by atoms with Gasteiger partial charge in [-0.1, -0.05) is 27.7 Å². The Balaban J connectivity index is 0.000000561. The van der Waals surface area contributed by atoms with Gasteiger partial charge in [-0.2, -0.15) is 0 Å². The Morgan fingerprint density at radius 2 is 1.83 bits per heavy atom. The minimum absolute atomic E-state index is 0.240. The molecule has 1 aliphatic rings. The largest absolute Gasteiger partial charge is 0.346 e. The van der Waals surface area contributed by atoms with Gasteiger partial charge in [-0.05, 0) is 11.8 Å². The molecule has 0 saturated carbocycles. The zero-order valence-corrected chi connectivity index (χ0v) is 8.98. The van der Waals surface area contributed by atoms with E-state index < -0.39 is 0 Å². The fourth-order valence-electron chi connectivity index (χ4n) is 1.23. The molecule has 2 nitrogen and oxygen atoms in total. The fraction of sp³-hybridized carbons (Fsp3) is 0.900. The number of amides is 1. The molecular formula is C10H21NO. The summed E-state index contributed by atoms with van der Waals surface area (Å²) in [6, 6.07) is 0. The molecule has 72 valence electrons. The van der Waals surface area contributed by atoms with Crippen molar-refractivity contribution in [2.24, 2.45) is 5.41 Å². The highest BCUT2D eigenvalue weighted by molar-refractivity contribution is 5.77. The summed E-state index contributed by atoms with van der Waals surface area (Å²) in [7, 11) is 1.87. The van der Waals surface area contributed by atoms with Crippen LogP contribution in [0.15, 0.2) is 0 Å². The second kappa shape index (κ2) is 4.48. The van der Waals surface area contributed by atoms with E-state index in [9.17, 15) is 4.79 Å². The van der Waals surface area contributed by atoms with Crippen molar-refractivity contribution in [1.29, 1.82) is 0 Å². The lowest BCUT2D eigenvalue weighted by atomic mass is 9.82. The van der Waals surface area contributed by atoms with Gasteiger partial charge in [0.2, 0.25) is 5.91 Å². The Hall–Kier alpha value is -0.530. The van der Waals surface area contributed by atoms with Gasteiger partial charge < -0.3 is 4.90 Å². The van der Waals surface area contributed by atoms with Crippen molar-refractivity contribution in [3.05, 3.63) is 0 Å². The maximum Gasteiger partial charge on any atom is 0.222 e. The van der Waals surface area contributed by atoms with E-state index in [0.717, 1.165) is 13.0 Å². The van der Waals surface area contributed by atoms with E-state index in [1.807, 2.05) is 25.8 Å². The molecule has 0 spiro atoms. The molecule has 1 aliphatic heterocycles. The SMILES string of the molecule is CC.CN1CCC(C)(C)CC1=O. The first-order chi connectivity index (χ1) is 5.51. The first kappa shape index (κ1) is 11.5. The summed E-state index contributed by atoms with van der Waals surface area (Å²) < 4.78 is 0. The monoisotopic (exact) mass is 171 g/mol. The Labute approximate surface area is 75.9 Å². The van der Waals surface area contributed by atoms with E-state index in [0.29, 0.717) is 6.42 Å². The number of rotatable bonds is 0. The van der Waals surface area contributed by atoms with E-state index in [2.05, 4.69) is 13.8 Å². The first-order valence-electron chi connectivity index (χ1n) is 4.75. The molecule has 12 heavy (non-hydrogen) atoms. The van der Waals surface area contributed by atoms with Crippen LogP contribution in [0, 0.1) is 5.41 Å². The van der Waals surface area contributed by atoms with Gasteiger partial charge in [-0.3, -0.25) is 4.79 Å². The van der Waals surface area contributed by atoms with Crippen LogP contribution >= 0.6 is 0 Å². The molecule has 1 heterocycles. The Morgan fingerprint density at radius 3 is 2.17 bits per heavy atom. The van der Waals surface area contributed by atoms with Gasteiger partial charge in [-0.15, -0.1) is 0 Å². The molecule has 0 atom stereocenters. The van der Waals surface area contributed by atoms with Gasteiger partial charge in [0.15, 0.2) is 0 Å². The minimum Gasteiger partial charge on any atom is -0.346 e. The number of carbonyl (C=O) groups excluding carboxylic acids is 1. The van der Waals surface area contributed by atoms with E-state index in [4.69, 9.17) is 0 Å². The van der Waals surface area contributed by atoms with Crippen molar-refractivity contribution in [2.75, 3.05) is 13.6 Å². The summed E-state index contributed by atoms with van der Waals surface area (Å²) in [5.41, 5.74) is 0.240. The third kappa shape index (κ3) is 3.24. The third-order valence-electron chi connectivity index (χ3n) is 2.18. The van der Waals surface area contributed by atoms with Crippen LogP contribution in [-0.2, 0) is 4.79 Å². The van der Waals surface area contributed by atoms with Gasteiger partial charge in [0.05, 0.1) is 0 Å². The van der Waals surface area contributed by atoms with E-state index in [1.165, 1.54) is 0 Å². The minimum atomic E-state index is 0.240. The van der Waals surface area contributed by atoms with Crippen molar-refractivity contribution >= 4 is 5.91 Å². The fourth-order valence-corrected chi connectivity index (χ4v) is 1.23. The van der Waals surface area contributed by atoms with Crippen LogP contribution in [0.2, 0.25) is 0 Å². The van der Waals surface area contributed by atoms with Crippen LogP contribution in [0.3, 0.4) is 0 Å². The number of nitrogens with zero attached hydrogens (tertiary/aromatic N) is 1. The third-order valence-corrected chi connectivity index (χ3v) is 2.18. The summed E-state index contributed by atoms with van der Waals surface area (Å²) in [6.07, 6.45) is 1.85. The zero-order chi connectivity index (χ0) is 9.78. The number of piperidine rings is 1. The maximum absolute atomic E-state index is 11.1. The van der Waals surface area contributed by atoms with Crippen molar-refractivity contribution in [2.45, 2.75) is 40.5 Å². The van der Waals surface area contributed by atoms with Crippen LogP contribution in [0.25, 0.3) is 0 Å². The summed E-state index contributed by atoms with van der Waals surface area (Å²) in [5, 5.41) is 0. The molecule has 1 amide bonds. The average Bonchev–Trinajstić information content (AvgIpc) is 2.01. The lowest BCUT2D eigenvalue weighted by Crippen LogP contribution is -2.39. The lowest BCUT2D eigenvalue weighted by molar-refractivity contribution is -0.135. The standard InChI is InChI=1S/C8H15NO.C2H6/c1-8(2)4-5-9(3)7(10)6-8;1-2/h4-6H2,1-3H3;1-2H3. The summed E-state index contributed by atoms with van der Waals surface area (Å²) in [5.74, 6) is 0.288. The summed E-state index contributed by atoms with van der Waals surface area (Å²) >= 11 is 0. The average molecular weight is 171 g/mol. The lowest BCUT2D eigenvalue weighted by Gasteiger charge is -2.34. The van der Waals surface area contributed by atoms with Crippen molar-refractivity contribution in [3.63, 3.8) is 0 Å². The highest BCUT2D eigenvalue weighted by Gasteiger charge is 2.28. The normalized spacial score (nSPS) is 21.4. The van der Waals surface area contributed by atoms with E-state index in [-0.39, 0.29) is 11.3 Å². The van der Waals surface area contributed by atoms with Crippen molar-refractivity contribution < 1.29 is 4.79 Å². The molecular weight excluding hydrogens is 150 g/mol. The molecule has 0 unspecified atom stereocenters. The second-order valence-electron chi connectivity index (χ2n) is 3.91. The summed E-state index contributed by atoms with van der Waals surface area (Å²) in [6.45, 7) is 9.22. The van der Waals surface area contributed by atoms with Crippen LogP contribution in [0.4, 0.5) is 0 Å². The quantitative estimate of drug-likeness (QED) is 0.547. The van der Waals surface area contributed by atoms with Crippen LogP contribution in [0.1, 0.15) is 40.5 Å². The molecule has 0 bridgehead atoms. The highest BCUT2D eigenvalue weighted by Crippen LogP contribution is 2.29. The number of likely N-dealkylation sites (tertiary alicyclic amines) is 1. The van der Waals surface area contributed by atoms with E-state index >= 15 is 0 Å². The Kier molecular flexibility index (Phi) is 4.29. The second-order valence-corrected chi connectivity index (χ2v) is 3.91. The molecule has 0 radical (unpaired) electrons. The van der Waals surface area contributed by atoms with Crippen molar-refractivity contribution in [1.82, 2.24) is 4.90 Å². The molecule has 2 heteroatoms. The Bertz CT molecular complexity index is 152. The van der Waals surface area contributed by atoms with Crippen LogP contribution < -0.4 is 0 Å². The zero-order valence-electron chi connectivity index (χ0n) is 8.98. The molecule has 1 rings (SSSR count). The Morgan fingerprint density at radius 1 is 1.33 bits per heavy atom. The molecule has 0 aliphatic carbocycles. The van der Waals surface area contributed by atoms with Crippen LogP contribution in [-0.4, -0.2) is 24.4 Å². The topological polar surface area (TPSA) is 20.3 Å². The van der Waals surface area contributed by atoms with Gasteiger partial charge in [0.25, 0.3) is 0 Å². The van der Waals surface area contributed by atoms with Gasteiger partial charge in [-0.25, -0.2) is 0 Å². The molecule has 0 aromatic rings. The number of hydrogen-bond donors (Lipinski definition) is 0. The van der Waals surface area contributed by atoms with Crippen molar-refractivity contribution in [3.8, 4) is 0 Å². The molecule has 0 N–H and O–H groups in total. The van der Waals surface area contributed by atoms with Gasteiger partial charge in [0, 0.05) is 20.0 Å². The molecule has 1 saturated heterocycles. The molecule has 0 aromatic heterocycles.